The first-order chi connectivity index (χ1) is 6.69. The molecule has 0 aromatic carbocycles. The van der Waals surface area contributed by atoms with Gasteiger partial charge in [-0.15, -0.1) is 0 Å². The van der Waals surface area contributed by atoms with E-state index in [1.807, 2.05) is 22.6 Å². The van der Waals surface area contributed by atoms with Crippen LogP contribution in [0.4, 0.5) is 0 Å². The maximum Gasteiger partial charge on any atom is 0.264 e. The summed E-state index contributed by atoms with van der Waals surface area (Å²) < 4.78 is 5.83. The average molecular weight is 308 g/mol. The van der Waals surface area contributed by atoms with Crippen molar-refractivity contribution in [2.45, 2.75) is 25.9 Å². The lowest BCUT2D eigenvalue weighted by Crippen LogP contribution is -2.17. The summed E-state index contributed by atoms with van der Waals surface area (Å²) >= 11 is 1.95. The zero-order valence-electron chi connectivity index (χ0n) is 8.21. The number of nitrogens with zero attached hydrogens (tertiary/aromatic N) is 1. The Hall–Kier alpha value is -0.430. The van der Waals surface area contributed by atoms with Crippen LogP contribution in [0.3, 0.4) is 0 Å². The molecule has 0 saturated carbocycles. The Balaban J connectivity index is 2.93. The van der Waals surface area contributed by atoms with E-state index in [-0.39, 0.29) is 11.7 Å². The molecule has 1 N–H and O–H groups in total. The molecule has 0 fully saturated rings. The van der Waals surface area contributed by atoms with Crippen LogP contribution in [-0.2, 0) is 4.74 Å². The Kier molecular flexibility index (Phi) is 4.53. The topological polar surface area (TPSA) is 55.0 Å². The number of rotatable bonds is 4. The largest absolute Gasteiger partial charge is 0.374 e. The zero-order chi connectivity index (χ0) is 10.6. The van der Waals surface area contributed by atoms with Crippen LogP contribution in [0.25, 0.3) is 0 Å². The van der Waals surface area contributed by atoms with Gasteiger partial charge in [0.2, 0.25) is 0 Å². The van der Waals surface area contributed by atoms with E-state index in [1.54, 1.807) is 13.3 Å². The minimum atomic E-state index is -0.107. The second-order valence-electron chi connectivity index (χ2n) is 2.96. The van der Waals surface area contributed by atoms with Crippen molar-refractivity contribution in [2.24, 2.45) is 0 Å². The Morgan fingerprint density at radius 2 is 2.43 bits per heavy atom. The number of hydrogen-bond acceptors (Lipinski definition) is 3. The summed E-state index contributed by atoms with van der Waals surface area (Å²) in [6.45, 7) is 2.07. The lowest BCUT2D eigenvalue weighted by atomic mass is 10.2. The van der Waals surface area contributed by atoms with Crippen molar-refractivity contribution in [2.75, 3.05) is 7.11 Å². The highest BCUT2D eigenvalue weighted by molar-refractivity contribution is 14.1. The second kappa shape index (κ2) is 5.45. The van der Waals surface area contributed by atoms with E-state index in [1.165, 1.54) is 0 Å². The summed E-state index contributed by atoms with van der Waals surface area (Å²) in [5.74, 6) is 0.611. The maximum atomic E-state index is 11.3. The summed E-state index contributed by atoms with van der Waals surface area (Å²) in [4.78, 5) is 18.2. The fourth-order valence-electron chi connectivity index (χ4n) is 1.19. The Morgan fingerprint density at radius 1 is 1.71 bits per heavy atom. The molecule has 1 aromatic heterocycles. The minimum absolute atomic E-state index is 0.103. The third-order valence-electron chi connectivity index (χ3n) is 1.92. The molecule has 4 nitrogen and oxygen atoms in total. The van der Waals surface area contributed by atoms with Crippen LogP contribution in [0.2, 0.25) is 0 Å². The van der Waals surface area contributed by atoms with E-state index in [9.17, 15) is 4.79 Å². The first kappa shape index (κ1) is 11.6. The quantitative estimate of drug-likeness (QED) is 0.864. The number of methoxy groups -OCH3 is 1. The van der Waals surface area contributed by atoms with Crippen LogP contribution in [0.1, 0.15) is 31.7 Å². The molecule has 1 heterocycles. The number of halogens is 1. The molecule has 0 amide bonds. The van der Waals surface area contributed by atoms with Crippen LogP contribution in [0.5, 0.6) is 0 Å². The molecule has 0 aliphatic carbocycles. The third kappa shape index (κ3) is 2.78. The van der Waals surface area contributed by atoms with E-state index >= 15 is 0 Å². The Labute approximate surface area is 96.2 Å². The summed E-state index contributed by atoms with van der Waals surface area (Å²) in [6, 6.07) is 0. The minimum Gasteiger partial charge on any atom is -0.374 e. The molecule has 1 rings (SSSR count). The third-order valence-corrected chi connectivity index (χ3v) is 2.68. The number of aromatic nitrogens is 2. The van der Waals surface area contributed by atoms with E-state index in [4.69, 9.17) is 4.74 Å². The summed E-state index contributed by atoms with van der Waals surface area (Å²) in [5.41, 5.74) is -0.103. The van der Waals surface area contributed by atoms with Gasteiger partial charge in [-0.25, -0.2) is 4.98 Å². The van der Waals surface area contributed by atoms with Crippen molar-refractivity contribution in [3.63, 3.8) is 0 Å². The highest BCUT2D eigenvalue weighted by atomic mass is 127. The molecule has 14 heavy (non-hydrogen) atoms. The molecule has 78 valence electrons. The first-order valence-corrected chi connectivity index (χ1v) is 5.54. The van der Waals surface area contributed by atoms with Gasteiger partial charge in [0.25, 0.3) is 5.56 Å². The molecule has 1 aromatic rings. The van der Waals surface area contributed by atoms with Gasteiger partial charge < -0.3 is 9.72 Å². The van der Waals surface area contributed by atoms with Gasteiger partial charge in [0.15, 0.2) is 0 Å². The standard InChI is InChI=1S/C9H13IN2O2/c1-3-4-7(14-2)8-11-5-6(10)9(13)12-8/h5,7H,3-4H2,1-2H3,(H,11,12,13). The number of aromatic amines is 1. The van der Waals surface area contributed by atoms with Crippen LogP contribution in [-0.4, -0.2) is 17.1 Å². The van der Waals surface area contributed by atoms with Gasteiger partial charge in [-0.05, 0) is 29.0 Å². The number of ether oxygens (including phenoxy) is 1. The van der Waals surface area contributed by atoms with Crippen LogP contribution >= 0.6 is 22.6 Å². The normalized spacial score (nSPS) is 12.8. The van der Waals surface area contributed by atoms with Gasteiger partial charge in [0.1, 0.15) is 11.9 Å². The lowest BCUT2D eigenvalue weighted by Gasteiger charge is -2.12. The van der Waals surface area contributed by atoms with E-state index < -0.39 is 0 Å². The Morgan fingerprint density at radius 3 is 2.93 bits per heavy atom. The van der Waals surface area contributed by atoms with E-state index in [0.717, 1.165) is 12.8 Å². The maximum absolute atomic E-state index is 11.3. The molecule has 1 atom stereocenters. The van der Waals surface area contributed by atoms with Gasteiger partial charge in [0, 0.05) is 13.3 Å². The fraction of sp³-hybridized carbons (Fsp3) is 0.556. The Bertz CT molecular complexity index is 351. The summed E-state index contributed by atoms with van der Waals surface area (Å²) in [5, 5.41) is 0. The van der Waals surface area contributed by atoms with Gasteiger partial charge in [-0.3, -0.25) is 4.79 Å². The highest BCUT2D eigenvalue weighted by Gasteiger charge is 2.12. The number of nitrogens with one attached hydrogen (secondary N) is 1. The summed E-state index contributed by atoms with van der Waals surface area (Å²) in [7, 11) is 1.62. The van der Waals surface area contributed by atoms with Crippen molar-refractivity contribution in [3.05, 3.63) is 25.9 Å². The lowest BCUT2D eigenvalue weighted by molar-refractivity contribution is 0.0873. The predicted molar refractivity (Wildman–Crippen MR) is 62.2 cm³/mol. The predicted octanol–water partition coefficient (Wildman–Crippen LogP) is 1.86. The molecular weight excluding hydrogens is 295 g/mol. The first-order valence-electron chi connectivity index (χ1n) is 4.46. The van der Waals surface area contributed by atoms with Crippen LogP contribution in [0, 0.1) is 3.57 Å². The van der Waals surface area contributed by atoms with Gasteiger partial charge in [0.05, 0.1) is 3.57 Å². The van der Waals surface area contributed by atoms with Crippen molar-refractivity contribution in [1.29, 1.82) is 0 Å². The van der Waals surface area contributed by atoms with Crippen molar-refractivity contribution < 1.29 is 4.74 Å². The monoisotopic (exact) mass is 308 g/mol. The van der Waals surface area contributed by atoms with Crippen LogP contribution < -0.4 is 5.56 Å². The van der Waals surface area contributed by atoms with Gasteiger partial charge in [-0.1, -0.05) is 13.3 Å². The SMILES string of the molecule is CCCC(OC)c1ncc(I)c(=O)[nH]1. The molecule has 1 unspecified atom stereocenters. The van der Waals surface area contributed by atoms with E-state index in [0.29, 0.717) is 9.39 Å². The molecular formula is C9H13IN2O2. The molecule has 0 saturated heterocycles. The summed E-state index contributed by atoms with van der Waals surface area (Å²) in [6.07, 6.45) is 3.31. The molecule has 0 radical (unpaired) electrons. The number of hydrogen-bond donors (Lipinski definition) is 1. The fourth-order valence-corrected chi connectivity index (χ4v) is 1.46. The van der Waals surface area contributed by atoms with Crippen molar-refractivity contribution >= 4 is 22.6 Å². The zero-order valence-corrected chi connectivity index (χ0v) is 10.4. The van der Waals surface area contributed by atoms with Crippen LogP contribution in [0.15, 0.2) is 11.0 Å². The smallest absolute Gasteiger partial charge is 0.264 e. The molecule has 0 aliphatic rings. The van der Waals surface area contributed by atoms with Gasteiger partial charge in [-0.2, -0.15) is 0 Å². The van der Waals surface area contributed by atoms with Crippen molar-refractivity contribution in [1.82, 2.24) is 9.97 Å². The molecule has 0 aliphatic heterocycles. The number of H-pyrrole nitrogens is 1. The molecule has 0 spiro atoms. The highest BCUT2D eigenvalue weighted by Crippen LogP contribution is 2.16. The van der Waals surface area contributed by atoms with E-state index in [2.05, 4.69) is 16.9 Å². The van der Waals surface area contributed by atoms with Gasteiger partial charge >= 0.3 is 0 Å². The van der Waals surface area contributed by atoms with Crippen molar-refractivity contribution in [3.8, 4) is 0 Å². The second-order valence-corrected chi connectivity index (χ2v) is 4.12. The average Bonchev–Trinajstić information content (AvgIpc) is 2.19. The molecule has 0 bridgehead atoms. The molecule has 5 heteroatoms.